The lowest BCUT2D eigenvalue weighted by Crippen LogP contribution is -2.49. The topological polar surface area (TPSA) is 141 Å². The maximum absolute atomic E-state index is 15.0. The number of amides is 3. The van der Waals surface area contributed by atoms with Gasteiger partial charge in [0.25, 0.3) is 11.8 Å². The standard InChI is InChI=1S/C34H40F2N6O4S/c1-20(28-14-22(17-47-28)30(37)38)40-32(45)27-15-33(2,19-46-12-11-41(3)4)18-42(27)29(43)16-39-31(44)21-9-10-26-24(13-21)23-7-5-6-8-25(23)34(26,35)36/h5-10,13-14,17,20,27H,11-12,15-16,18-19H2,1-4H3,(H3,37,38)(H,39,44)(H,40,45)/t20-,27+,33+/m1/s1. The van der Waals surface area contributed by atoms with E-state index in [1.54, 1.807) is 29.6 Å². The summed E-state index contributed by atoms with van der Waals surface area (Å²) in [6.45, 7) is 5.21. The van der Waals surface area contributed by atoms with Crippen LogP contribution in [0.25, 0.3) is 11.1 Å². The van der Waals surface area contributed by atoms with Gasteiger partial charge in [-0.05, 0) is 56.8 Å². The first-order valence-corrected chi connectivity index (χ1v) is 16.2. The molecule has 0 saturated carbocycles. The molecule has 5 N–H and O–H groups in total. The van der Waals surface area contributed by atoms with Gasteiger partial charge in [0.05, 0.1) is 25.8 Å². The Labute approximate surface area is 276 Å². The minimum Gasteiger partial charge on any atom is -0.384 e. The number of nitrogens with one attached hydrogen (secondary N) is 3. The molecular formula is C34H40F2N6O4S. The fourth-order valence-corrected chi connectivity index (χ4v) is 7.03. The van der Waals surface area contributed by atoms with Crippen LogP contribution in [0.15, 0.2) is 53.9 Å². The molecule has 1 aromatic heterocycles. The lowest BCUT2D eigenvalue weighted by atomic mass is 9.88. The van der Waals surface area contributed by atoms with Gasteiger partial charge in [-0.15, -0.1) is 11.3 Å². The average molecular weight is 667 g/mol. The summed E-state index contributed by atoms with van der Waals surface area (Å²) in [4.78, 5) is 44.7. The fourth-order valence-electron chi connectivity index (χ4n) is 6.11. The molecule has 2 aliphatic rings. The summed E-state index contributed by atoms with van der Waals surface area (Å²) in [5.41, 5.74) is 6.17. The van der Waals surface area contributed by atoms with E-state index in [0.717, 1.165) is 11.4 Å². The number of amidine groups is 1. The minimum absolute atomic E-state index is 0.0617. The van der Waals surface area contributed by atoms with Crippen LogP contribution < -0.4 is 16.4 Å². The SMILES string of the molecule is C[C@@H](NC(=O)[C@@H]1C[C@](C)(COCCN(C)C)CN1C(=O)CNC(=O)c1ccc2c(c1)-c1ccccc1C2(F)F)c1cc(C(=N)N)cs1. The fraction of sp³-hybridized carbons (Fsp3) is 0.412. The van der Waals surface area contributed by atoms with Crippen LogP contribution in [0.1, 0.15) is 58.2 Å². The van der Waals surface area contributed by atoms with Gasteiger partial charge in [0.2, 0.25) is 11.8 Å². The quantitative estimate of drug-likeness (QED) is 0.131. The number of carbonyl (C=O) groups is 3. The van der Waals surface area contributed by atoms with Crippen LogP contribution in [0.5, 0.6) is 0 Å². The molecule has 5 rings (SSSR count). The summed E-state index contributed by atoms with van der Waals surface area (Å²) in [6.07, 6.45) is 0.356. The zero-order valence-corrected chi connectivity index (χ0v) is 27.7. The molecule has 10 nitrogen and oxygen atoms in total. The van der Waals surface area contributed by atoms with Gasteiger partial charge >= 0.3 is 0 Å². The number of alkyl halides is 2. The number of carbonyl (C=O) groups excluding carboxylic acids is 3. The number of nitrogen functional groups attached to an aromatic ring is 1. The van der Waals surface area contributed by atoms with Crippen molar-refractivity contribution in [2.75, 3.05) is 46.9 Å². The van der Waals surface area contributed by atoms with Gasteiger partial charge in [-0.25, -0.2) is 0 Å². The van der Waals surface area contributed by atoms with E-state index in [9.17, 15) is 23.2 Å². The Morgan fingerprint density at radius 1 is 1.13 bits per heavy atom. The zero-order chi connectivity index (χ0) is 34.1. The molecule has 1 aliphatic heterocycles. The van der Waals surface area contributed by atoms with Crippen molar-refractivity contribution >= 4 is 34.9 Å². The predicted molar refractivity (Wildman–Crippen MR) is 177 cm³/mol. The summed E-state index contributed by atoms with van der Waals surface area (Å²) >= 11 is 1.38. The van der Waals surface area contributed by atoms with Crippen LogP contribution in [-0.4, -0.2) is 86.3 Å². The predicted octanol–water partition coefficient (Wildman–Crippen LogP) is 3.95. The molecule has 0 radical (unpaired) electrons. The second kappa shape index (κ2) is 13.5. The number of rotatable bonds is 12. The molecule has 3 atom stereocenters. The molecule has 0 unspecified atom stereocenters. The van der Waals surface area contributed by atoms with Crippen molar-refractivity contribution in [3.63, 3.8) is 0 Å². The molecule has 0 bridgehead atoms. The number of benzene rings is 2. The number of thiophene rings is 1. The van der Waals surface area contributed by atoms with E-state index in [-0.39, 0.29) is 47.1 Å². The van der Waals surface area contributed by atoms with Gasteiger partial charge < -0.3 is 30.9 Å². The summed E-state index contributed by atoms with van der Waals surface area (Å²) in [5.74, 6) is -4.60. The van der Waals surface area contributed by atoms with Gasteiger partial charge in [0, 0.05) is 51.0 Å². The minimum atomic E-state index is -3.16. The lowest BCUT2D eigenvalue weighted by Gasteiger charge is -2.26. The number of hydrogen-bond acceptors (Lipinski definition) is 7. The Morgan fingerprint density at radius 3 is 2.55 bits per heavy atom. The van der Waals surface area contributed by atoms with Crippen molar-refractivity contribution in [2.24, 2.45) is 11.1 Å². The van der Waals surface area contributed by atoms with Crippen molar-refractivity contribution in [2.45, 2.75) is 38.3 Å². The average Bonchev–Trinajstić information content (AvgIpc) is 3.72. The van der Waals surface area contributed by atoms with Crippen molar-refractivity contribution in [3.8, 4) is 11.1 Å². The summed E-state index contributed by atoms with van der Waals surface area (Å²) in [6, 6.07) is 10.8. The van der Waals surface area contributed by atoms with Crippen molar-refractivity contribution in [3.05, 3.63) is 81.0 Å². The molecule has 1 aliphatic carbocycles. The number of fused-ring (bicyclic) bond motifs is 3. The second-order valence-corrected chi connectivity index (χ2v) is 13.8. The summed E-state index contributed by atoms with van der Waals surface area (Å²) in [7, 11) is 3.89. The van der Waals surface area contributed by atoms with E-state index < -0.39 is 35.2 Å². The number of ether oxygens (including phenoxy) is 1. The Kier molecular flexibility index (Phi) is 9.81. The first kappa shape index (κ1) is 34.1. The Bertz CT molecular complexity index is 1690. The van der Waals surface area contributed by atoms with E-state index in [1.165, 1.54) is 40.5 Å². The Balaban J connectivity index is 1.28. The molecule has 2 heterocycles. The monoisotopic (exact) mass is 666 g/mol. The van der Waals surface area contributed by atoms with Gasteiger partial charge in [0.15, 0.2) is 0 Å². The third kappa shape index (κ3) is 7.21. The first-order valence-electron chi connectivity index (χ1n) is 15.4. The smallest absolute Gasteiger partial charge is 0.299 e. The molecule has 1 fully saturated rings. The lowest BCUT2D eigenvalue weighted by molar-refractivity contribution is -0.138. The highest BCUT2D eigenvalue weighted by atomic mass is 32.1. The molecule has 3 aromatic rings. The molecule has 1 saturated heterocycles. The molecule has 13 heteroatoms. The zero-order valence-electron chi connectivity index (χ0n) is 26.9. The highest BCUT2D eigenvalue weighted by Crippen LogP contribution is 2.51. The molecule has 0 spiro atoms. The van der Waals surface area contributed by atoms with Crippen LogP contribution in [-0.2, 0) is 20.2 Å². The van der Waals surface area contributed by atoms with E-state index in [1.807, 2.05) is 32.8 Å². The van der Waals surface area contributed by atoms with Crippen LogP contribution >= 0.6 is 11.3 Å². The molecule has 2 aromatic carbocycles. The number of hydrogen-bond donors (Lipinski definition) is 4. The summed E-state index contributed by atoms with van der Waals surface area (Å²) < 4.78 is 35.9. The van der Waals surface area contributed by atoms with E-state index >= 15 is 0 Å². The van der Waals surface area contributed by atoms with E-state index in [2.05, 4.69) is 10.6 Å². The summed E-state index contributed by atoms with van der Waals surface area (Å²) in [5, 5.41) is 15.0. The third-order valence-electron chi connectivity index (χ3n) is 8.66. The number of likely N-dealkylation sites (tertiary alicyclic amines) is 1. The van der Waals surface area contributed by atoms with Gasteiger partial charge in [-0.3, -0.25) is 19.8 Å². The molecule has 250 valence electrons. The van der Waals surface area contributed by atoms with Crippen LogP contribution in [0.4, 0.5) is 8.78 Å². The number of halogens is 2. The van der Waals surface area contributed by atoms with E-state index in [4.69, 9.17) is 15.9 Å². The Morgan fingerprint density at radius 2 is 1.85 bits per heavy atom. The molecule has 3 amide bonds. The van der Waals surface area contributed by atoms with Crippen molar-refractivity contribution in [1.82, 2.24) is 20.4 Å². The Hall–Kier alpha value is -4.20. The van der Waals surface area contributed by atoms with Crippen LogP contribution in [0.3, 0.4) is 0 Å². The number of nitrogens with two attached hydrogens (primary N) is 1. The number of likely N-dealkylation sites (N-methyl/N-ethyl adjacent to an activating group) is 1. The van der Waals surface area contributed by atoms with E-state index in [0.29, 0.717) is 30.8 Å². The highest BCUT2D eigenvalue weighted by molar-refractivity contribution is 7.10. The first-order chi connectivity index (χ1) is 22.2. The van der Waals surface area contributed by atoms with Gasteiger partial charge in [-0.1, -0.05) is 37.3 Å². The van der Waals surface area contributed by atoms with Gasteiger partial charge in [-0.2, -0.15) is 8.78 Å². The molecule has 47 heavy (non-hydrogen) atoms. The van der Waals surface area contributed by atoms with Crippen molar-refractivity contribution < 1.29 is 27.9 Å². The highest BCUT2D eigenvalue weighted by Gasteiger charge is 2.47. The van der Waals surface area contributed by atoms with Crippen molar-refractivity contribution in [1.29, 1.82) is 5.41 Å². The maximum atomic E-state index is 15.0. The third-order valence-corrected chi connectivity index (χ3v) is 9.78. The normalized spacial score (nSPS) is 20.1. The largest absolute Gasteiger partial charge is 0.384 e. The molecular weight excluding hydrogens is 626 g/mol. The second-order valence-electron chi connectivity index (χ2n) is 12.9. The van der Waals surface area contributed by atoms with Gasteiger partial charge in [0.1, 0.15) is 11.9 Å². The van der Waals surface area contributed by atoms with Crippen LogP contribution in [0, 0.1) is 10.8 Å². The number of nitrogens with zero attached hydrogens (tertiary/aromatic N) is 2. The van der Waals surface area contributed by atoms with Crippen LogP contribution in [0.2, 0.25) is 0 Å². The maximum Gasteiger partial charge on any atom is 0.299 e.